The Kier molecular flexibility index (Phi) is 5.03. The molecule has 0 radical (unpaired) electrons. The molecular weight excluding hydrogens is 463 g/mol. The molecule has 1 unspecified atom stereocenters. The molecule has 3 aromatic rings. The number of alkyl halides is 5. The van der Waals surface area contributed by atoms with Gasteiger partial charge in [-0.15, -0.1) is 8.78 Å². The smallest absolute Gasteiger partial charge is 0.486 e. The molecule has 0 N–H and O–H groups in total. The lowest BCUT2D eigenvalue weighted by molar-refractivity contribution is -0.286. The molecule has 2 aromatic carbocycles. The molecule has 34 heavy (non-hydrogen) atoms. The molecular formula is C23H17F5N2O4. The molecule has 0 amide bonds. The number of carbonyl (C=O) groups is 1. The Balaban J connectivity index is 1.44. The van der Waals surface area contributed by atoms with Crippen molar-refractivity contribution in [2.24, 2.45) is 0 Å². The number of fused-ring (bicyclic) bond motifs is 2. The minimum atomic E-state index is -4.69. The van der Waals surface area contributed by atoms with Gasteiger partial charge >= 0.3 is 12.5 Å². The second-order valence-corrected chi connectivity index (χ2v) is 7.99. The second-order valence-electron chi connectivity index (χ2n) is 7.99. The molecule has 2 aliphatic rings. The van der Waals surface area contributed by atoms with Crippen molar-refractivity contribution in [3.05, 3.63) is 65.0 Å². The standard InChI is InChI=1S/C23H17F5N2O4/c1-12(13-8-9-18-19(10-13)34-23(27,28)33-18)32-15-5-2-4-14(11-15)30-20-16(6-3-7-17(20)31)21(29-30)22(24,25)26/h2,4-5,8-12H,3,6-7H2,1H3. The fourth-order valence-electron chi connectivity index (χ4n) is 4.11. The summed E-state index contributed by atoms with van der Waals surface area (Å²) in [5, 5.41) is 3.73. The van der Waals surface area contributed by atoms with Gasteiger partial charge in [0.15, 0.2) is 23.0 Å². The van der Waals surface area contributed by atoms with E-state index in [-0.39, 0.29) is 47.0 Å². The zero-order valence-corrected chi connectivity index (χ0v) is 17.7. The van der Waals surface area contributed by atoms with Crippen LogP contribution >= 0.6 is 0 Å². The first-order valence-corrected chi connectivity index (χ1v) is 10.4. The summed E-state index contributed by atoms with van der Waals surface area (Å²) in [5.74, 6) is -0.347. The highest BCUT2D eigenvalue weighted by atomic mass is 19.4. The van der Waals surface area contributed by atoms with Gasteiger partial charge < -0.3 is 14.2 Å². The number of aromatic nitrogens is 2. The van der Waals surface area contributed by atoms with Crippen LogP contribution in [0.1, 0.15) is 53.2 Å². The minimum absolute atomic E-state index is 0.0690. The van der Waals surface area contributed by atoms with Crippen LogP contribution < -0.4 is 14.2 Å². The third-order valence-corrected chi connectivity index (χ3v) is 5.62. The number of hydrogen-bond acceptors (Lipinski definition) is 5. The van der Waals surface area contributed by atoms with Crippen LogP contribution in [-0.4, -0.2) is 21.9 Å². The van der Waals surface area contributed by atoms with Crippen LogP contribution in [0.3, 0.4) is 0 Å². The molecule has 5 rings (SSSR count). The average molecular weight is 480 g/mol. The van der Waals surface area contributed by atoms with E-state index in [1.54, 1.807) is 19.1 Å². The molecule has 1 aromatic heterocycles. The Morgan fingerprint density at radius 3 is 2.62 bits per heavy atom. The van der Waals surface area contributed by atoms with E-state index in [9.17, 15) is 26.7 Å². The number of rotatable bonds is 4. The molecule has 0 bridgehead atoms. The third-order valence-electron chi connectivity index (χ3n) is 5.62. The maximum Gasteiger partial charge on any atom is 0.586 e. The number of nitrogens with zero attached hydrogens (tertiary/aromatic N) is 2. The van der Waals surface area contributed by atoms with E-state index in [0.29, 0.717) is 12.0 Å². The first-order chi connectivity index (χ1) is 16.0. The van der Waals surface area contributed by atoms with Gasteiger partial charge in [-0.2, -0.15) is 18.3 Å². The van der Waals surface area contributed by atoms with Crippen LogP contribution in [0.4, 0.5) is 22.0 Å². The van der Waals surface area contributed by atoms with Crippen LogP contribution in [0.25, 0.3) is 5.69 Å². The highest BCUT2D eigenvalue weighted by Gasteiger charge is 2.44. The Labute approximate surface area is 189 Å². The molecule has 0 saturated carbocycles. The van der Waals surface area contributed by atoms with Crippen LogP contribution in [0.15, 0.2) is 42.5 Å². The zero-order chi connectivity index (χ0) is 24.3. The van der Waals surface area contributed by atoms with E-state index in [4.69, 9.17) is 4.74 Å². The number of ether oxygens (including phenoxy) is 3. The van der Waals surface area contributed by atoms with E-state index in [1.165, 1.54) is 30.3 Å². The summed E-state index contributed by atoms with van der Waals surface area (Å²) in [6.45, 7) is 1.67. The maximum absolute atomic E-state index is 13.5. The first-order valence-electron chi connectivity index (χ1n) is 10.4. The van der Waals surface area contributed by atoms with Crippen molar-refractivity contribution in [2.45, 2.75) is 44.8 Å². The first kappa shape index (κ1) is 22.2. The van der Waals surface area contributed by atoms with E-state index in [1.807, 2.05) is 0 Å². The van der Waals surface area contributed by atoms with Crippen LogP contribution in [0.2, 0.25) is 0 Å². The van der Waals surface area contributed by atoms with E-state index >= 15 is 0 Å². The Morgan fingerprint density at radius 1 is 1.09 bits per heavy atom. The summed E-state index contributed by atoms with van der Waals surface area (Å²) >= 11 is 0. The van der Waals surface area contributed by atoms with Crippen LogP contribution in [0, 0.1) is 0 Å². The molecule has 6 nitrogen and oxygen atoms in total. The van der Waals surface area contributed by atoms with E-state index < -0.39 is 30.1 Å². The summed E-state index contributed by atoms with van der Waals surface area (Å²) in [4.78, 5) is 12.5. The van der Waals surface area contributed by atoms with Gasteiger partial charge in [0.25, 0.3) is 0 Å². The summed E-state index contributed by atoms with van der Waals surface area (Å²) in [5.41, 5.74) is -0.484. The lowest BCUT2D eigenvalue weighted by Crippen LogP contribution is -2.25. The van der Waals surface area contributed by atoms with Gasteiger partial charge in [-0.05, 0) is 49.6 Å². The second kappa shape index (κ2) is 7.71. The lowest BCUT2D eigenvalue weighted by atomic mass is 9.94. The van der Waals surface area contributed by atoms with Gasteiger partial charge in [-0.25, -0.2) is 4.68 Å². The van der Waals surface area contributed by atoms with Crippen molar-refractivity contribution in [1.82, 2.24) is 9.78 Å². The molecule has 0 spiro atoms. The summed E-state index contributed by atoms with van der Waals surface area (Å²) in [6, 6.07) is 10.4. The Bertz CT molecular complexity index is 1280. The van der Waals surface area contributed by atoms with Crippen molar-refractivity contribution < 1.29 is 41.0 Å². The number of Topliss-reactive ketones (excluding diaryl/α,β-unsaturated/α-hetero) is 1. The van der Waals surface area contributed by atoms with Gasteiger partial charge in [-0.3, -0.25) is 4.79 Å². The third kappa shape index (κ3) is 3.95. The SMILES string of the molecule is CC(Oc1cccc(-n2nc(C(F)(F)F)c3c2C(=O)CCC3)c1)c1ccc2c(c1)OC(F)(F)O2. The Morgan fingerprint density at radius 2 is 1.85 bits per heavy atom. The predicted octanol–water partition coefficient (Wildman–Crippen LogP) is 5.87. The van der Waals surface area contributed by atoms with Crippen molar-refractivity contribution in [3.63, 3.8) is 0 Å². The number of halogens is 5. The van der Waals surface area contributed by atoms with Gasteiger partial charge in [-0.1, -0.05) is 12.1 Å². The fraction of sp³-hybridized carbons (Fsp3) is 0.304. The van der Waals surface area contributed by atoms with Crippen LogP contribution in [-0.2, 0) is 12.6 Å². The van der Waals surface area contributed by atoms with E-state index in [2.05, 4.69) is 14.6 Å². The van der Waals surface area contributed by atoms with Gasteiger partial charge in [0, 0.05) is 18.1 Å². The average Bonchev–Trinajstić information content (AvgIpc) is 3.30. The monoisotopic (exact) mass is 480 g/mol. The zero-order valence-electron chi connectivity index (χ0n) is 17.7. The molecule has 0 saturated heterocycles. The van der Waals surface area contributed by atoms with Crippen LogP contribution in [0.5, 0.6) is 17.2 Å². The van der Waals surface area contributed by atoms with Crippen molar-refractivity contribution >= 4 is 5.78 Å². The largest absolute Gasteiger partial charge is 0.586 e. The molecule has 178 valence electrons. The number of ketones is 1. The molecule has 0 fully saturated rings. The lowest BCUT2D eigenvalue weighted by Gasteiger charge is -2.17. The van der Waals surface area contributed by atoms with Crippen molar-refractivity contribution in [1.29, 1.82) is 0 Å². The minimum Gasteiger partial charge on any atom is -0.486 e. The summed E-state index contributed by atoms with van der Waals surface area (Å²) in [6.07, 6.45) is -8.46. The van der Waals surface area contributed by atoms with Crippen molar-refractivity contribution in [3.8, 4) is 22.9 Å². The molecule has 1 aliphatic carbocycles. The number of benzene rings is 2. The predicted molar refractivity (Wildman–Crippen MR) is 108 cm³/mol. The summed E-state index contributed by atoms with van der Waals surface area (Å²) in [7, 11) is 0. The van der Waals surface area contributed by atoms with E-state index in [0.717, 1.165) is 4.68 Å². The topological polar surface area (TPSA) is 62.6 Å². The van der Waals surface area contributed by atoms with Gasteiger partial charge in [0.1, 0.15) is 17.5 Å². The molecule has 1 aliphatic heterocycles. The highest BCUT2D eigenvalue weighted by Crippen LogP contribution is 2.42. The Hall–Kier alpha value is -3.63. The van der Waals surface area contributed by atoms with Gasteiger partial charge in [0.2, 0.25) is 0 Å². The normalized spacial score (nSPS) is 17.4. The molecule has 2 heterocycles. The highest BCUT2D eigenvalue weighted by molar-refractivity contribution is 5.97. The van der Waals surface area contributed by atoms with Gasteiger partial charge in [0.05, 0.1) is 5.69 Å². The number of hydrogen-bond donors (Lipinski definition) is 0. The maximum atomic E-state index is 13.5. The fourth-order valence-corrected chi connectivity index (χ4v) is 4.11. The molecule has 1 atom stereocenters. The quantitative estimate of drug-likeness (QED) is 0.437. The molecule has 11 heteroatoms. The number of carbonyl (C=O) groups excluding carboxylic acids is 1. The van der Waals surface area contributed by atoms with Crippen molar-refractivity contribution in [2.75, 3.05) is 0 Å². The summed E-state index contributed by atoms with van der Waals surface area (Å²) < 4.78 is 82.9.